The molecular formula is C13H14N2O. The summed E-state index contributed by atoms with van der Waals surface area (Å²) < 4.78 is 0. The van der Waals surface area contributed by atoms with Crippen molar-refractivity contribution in [1.29, 1.82) is 0 Å². The molecule has 0 aromatic heterocycles. The second kappa shape index (κ2) is 4.02. The average molecular weight is 214 g/mol. The Kier molecular flexibility index (Phi) is 2.71. The molecule has 0 amide bonds. The Hall–Kier alpha value is -1.74. The molecular weight excluding hydrogens is 200 g/mol. The smallest absolute Gasteiger partial charge is 0.170 e. The zero-order valence-electron chi connectivity index (χ0n) is 9.38. The summed E-state index contributed by atoms with van der Waals surface area (Å²) in [7, 11) is 0. The van der Waals surface area contributed by atoms with Crippen molar-refractivity contribution in [3.05, 3.63) is 42.5 Å². The summed E-state index contributed by atoms with van der Waals surface area (Å²) in [5.74, 6) is 0. The van der Waals surface area contributed by atoms with Gasteiger partial charge in [-0.25, -0.2) is 0 Å². The molecule has 3 nitrogen and oxygen atoms in total. The molecule has 0 saturated heterocycles. The molecule has 0 unspecified atom stereocenters. The minimum absolute atomic E-state index is 0.751. The topological polar surface area (TPSA) is 45.0 Å². The van der Waals surface area contributed by atoms with Crippen molar-refractivity contribution in [2.45, 2.75) is 19.6 Å². The molecule has 1 N–H and O–H groups in total. The normalized spacial score (nSPS) is 12.4. The van der Waals surface area contributed by atoms with Crippen LogP contribution in [0, 0.1) is 0 Å². The molecule has 2 aromatic rings. The van der Waals surface area contributed by atoms with Crippen LogP contribution in [0.15, 0.2) is 52.7 Å². The van der Waals surface area contributed by atoms with Gasteiger partial charge in [0.15, 0.2) is 5.72 Å². The Bertz CT molecular complexity index is 527. The molecule has 0 aliphatic rings. The summed E-state index contributed by atoms with van der Waals surface area (Å²) in [4.78, 5) is 0. The molecule has 0 fully saturated rings. The molecule has 0 saturated carbocycles. The van der Waals surface area contributed by atoms with Crippen molar-refractivity contribution in [1.82, 2.24) is 0 Å². The van der Waals surface area contributed by atoms with Gasteiger partial charge in [0.25, 0.3) is 0 Å². The van der Waals surface area contributed by atoms with Crippen LogP contribution in [0.3, 0.4) is 0 Å². The maximum Gasteiger partial charge on any atom is 0.170 e. The van der Waals surface area contributed by atoms with E-state index in [4.69, 9.17) is 0 Å². The van der Waals surface area contributed by atoms with Gasteiger partial charge in [-0.3, -0.25) is 0 Å². The number of rotatable bonds is 2. The van der Waals surface area contributed by atoms with Crippen LogP contribution in [0.25, 0.3) is 10.8 Å². The largest absolute Gasteiger partial charge is 0.368 e. The molecule has 0 aliphatic heterocycles. The Morgan fingerprint density at radius 1 is 1.00 bits per heavy atom. The van der Waals surface area contributed by atoms with E-state index in [0.29, 0.717) is 0 Å². The third-order valence-corrected chi connectivity index (χ3v) is 2.14. The van der Waals surface area contributed by atoms with Crippen LogP contribution in [0.1, 0.15) is 13.8 Å². The van der Waals surface area contributed by atoms with Crippen molar-refractivity contribution < 1.29 is 5.11 Å². The van der Waals surface area contributed by atoms with E-state index in [0.717, 1.165) is 11.1 Å². The van der Waals surface area contributed by atoms with Gasteiger partial charge < -0.3 is 5.11 Å². The van der Waals surface area contributed by atoms with E-state index in [1.807, 2.05) is 42.5 Å². The quantitative estimate of drug-likeness (QED) is 0.762. The van der Waals surface area contributed by atoms with Crippen LogP contribution in [-0.4, -0.2) is 10.8 Å². The van der Waals surface area contributed by atoms with E-state index in [1.165, 1.54) is 5.39 Å². The first-order valence-electron chi connectivity index (χ1n) is 5.19. The lowest BCUT2D eigenvalue weighted by Gasteiger charge is -2.07. The second-order valence-corrected chi connectivity index (χ2v) is 4.23. The molecule has 2 rings (SSSR count). The van der Waals surface area contributed by atoms with E-state index in [9.17, 15) is 5.11 Å². The number of nitrogens with zero attached hydrogens (tertiary/aromatic N) is 2. The van der Waals surface area contributed by atoms with Crippen LogP contribution >= 0.6 is 0 Å². The lowest BCUT2D eigenvalue weighted by atomic mass is 10.1. The Morgan fingerprint density at radius 3 is 2.38 bits per heavy atom. The third-order valence-electron chi connectivity index (χ3n) is 2.14. The maximum atomic E-state index is 9.43. The van der Waals surface area contributed by atoms with Crippen LogP contribution < -0.4 is 0 Å². The first-order chi connectivity index (χ1) is 7.54. The van der Waals surface area contributed by atoms with Crippen LogP contribution in [0.4, 0.5) is 5.69 Å². The highest BCUT2D eigenvalue weighted by Gasteiger charge is 2.08. The molecule has 0 atom stereocenters. The Balaban J connectivity index is 2.37. The van der Waals surface area contributed by atoms with E-state index in [-0.39, 0.29) is 0 Å². The van der Waals surface area contributed by atoms with Gasteiger partial charge in [-0.2, -0.15) is 10.2 Å². The summed E-state index contributed by atoms with van der Waals surface area (Å²) in [5, 5.41) is 19.5. The van der Waals surface area contributed by atoms with Crippen LogP contribution in [-0.2, 0) is 0 Å². The number of benzene rings is 2. The molecule has 3 heteroatoms. The van der Waals surface area contributed by atoms with Crippen molar-refractivity contribution >= 4 is 16.5 Å². The Morgan fingerprint density at radius 2 is 1.69 bits per heavy atom. The molecule has 2 aromatic carbocycles. The van der Waals surface area contributed by atoms with Gasteiger partial charge in [0, 0.05) is 0 Å². The lowest BCUT2D eigenvalue weighted by Crippen LogP contribution is -2.12. The molecule has 0 bridgehead atoms. The number of aliphatic hydroxyl groups is 1. The monoisotopic (exact) mass is 214 g/mol. The van der Waals surface area contributed by atoms with Gasteiger partial charge in [-0.05, 0) is 36.8 Å². The fourth-order valence-corrected chi connectivity index (χ4v) is 1.42. The zero-order chi connectivity index (χ0) is 11.6. The van der Waals surface area contributed by atoms with E-state index < -0.39 is 5.72 Å². The van der Waals surface area contributed by atoms with Crippen LogP contribution in [0.5, 0.6) is 0 Å². The van der Waals surface area contributed by atoms with E-state index in [2.05, 4.69) is 10.2 Å². The highest BCUT2D eigenvalue weighted by Crippen LogP contribution is 2.22. The van der Waals surface area contributed by atoms with Gasteiger partial charge >= 0.3 is 0 Å². The average Bonchev–Trinajstić information content (AvgIpc) is 2.25. The number of azo groups is 1. The highest BCUT2D eigenvalue weighted by molar-refractivity contribution is 5.84. The number of hydrogen-bond donors (Lipinski definition) is 1. The summed E-state index contributed by atoms with van der Waals surface area (Å²) in [6.07, 6.45) is 0. The SMILES string of the molecule is CC(C)(O)N=Nc1ccc2ccccc2c1. The second-order valence-electron chi connectivity index (χ2n) is 4.23. The van der Waals surface area contributed by atoms with E-state index >= 15 is 0 Å². The first-order valence-corrected chi connectivity index (χ1v) is 5.19. The number of hydrogen-bond acceptors (Lipinski definition) is 3. The molecule has 0 aliphatic carbocycles. The molecule has 16 heavy (non-hydrogen) atoms. The predicted octanol–water partition coefficient (Wildman–Crippen LogP) is 3.65. The van der Waals surface area contributed by atoms with Crippen molar-refractivity contribution in [3.63, 3.8) is 0 Å². The number of fused-ring (bicyclic) bond motifs is 1. The van der Waals surface area contributed by atoms with Crippen molar-refractivity contribution in [2.75, 3.05) is 0 Å². The molecule has 82 valence electrons. The van der Waals surface area contributed by atoms with Gasteiger partial charge in [-0.15, -0.1) is 0 Å². The minimum Gasteiger partial charge on any atom is -0.368 e. The fraction of sp³-hybridized carbons (Fsp3) is 0.231. The fourth-order valence-electron chi connectivity index (χ4n) is 1.42. The van der Waals surface area contributed by atoms with Crippen LogP contribution in [0.2, 0.25) is 0 Å². The predicted molar refractivity (Wildman–Crippen MR) is 64.8 cm³/mol. The first kappa shape index (κ1) is 10.8. The maximum absolute atomic E-state index is 9.43. The van der Waals surface area contributed by atoms with E-state index in [1.54, 1.807) is 13.8 Å². The van der Waals surface area contributed by atoms with Gasteiger partial charge in [0.2, 0.25) is 0 Å². The minimum atomic E-state index is -1.12. The summed E-state index contributed by atoms with van der Waals surface area (Å²) >= 11 is 0. The Labute approximate surface area is 94.4 Å². The van der Waals surface area contributed by atoms with Gasteiger partial charge in [0.05, 0.1) is 5.69 Å². The molecule has 0 radical (unpaired) electrons. The molecule has 0 heterocycles. The third kappa shape index (κ3) is 2.64. The van der Waals surface area contributed by atoms with Crippen molar-refractivity contribution in [3.8, 4) is 0 Å². The zero-order valence-corrected chi connectivity index (χ0v) is 9.38. The summed E-state index contributed by atoms with van der Waals surface area (Å²) in [6, 6.07) is 13.9. The molecule has 0 spiro atoms. The van der Waals surface area contributed by atoms with Crippen molar-refractivity contribution in [2.24, 2.45) is 10.2 Å². The van der Waals surface area contributed by atoms with Gasteiger partial charge in [-0.1, -0.05) is 30.3 Å². The highest BCUT2D eigenvalue weighted by atomic mass is 16.3. The lowest BCUT2D eigenvalue weighted by molar-refractivity contribution is 0.0831. The summed E-state index contributed by atoms with van der Waals surface area (Å²) in [6.45, 7) is 3.19. The van der Waals surface area contributed by atoms with Gasteiger partial charge in [0.1, 0.15) is 0 Å². The summed E-state index contributed by atoms with van der Waals surface area (Å²) in [5.41, 5.74) is -0.369. The standard InChI is InChI=1S/C13H14N2O/c1-13(2,16)15-14-12-8-7-10-5-3-4-6-11(10)9-12/h3-9,16H,1-2H3.